The van der Waals surface area contributed by atoms with Crippen LogP contribution in [0.4, 0.5) is 0 Å². The smallest absolute Gasteiger partial charge is 0.272 e. The van der Waals surface area contributed by atoms with Gasteiger partial charge in [0.2, 0.25) is 0 Å². The molecule has 0 saturated carbocycles. The lowest BCUT2D eigenvalue weighted by Gasteiger charge is -2.36. The van der Waals surface area contributed by atoms with E-state index in [9.17, 15) is 4.79 Å². The highest BCUT2D eigenvalue weighted by Gasteiger charge is 2.36. The van der Waals surface area contributed by atoms with Gasteiger partial charge in [-0.3, -0.25) is 14.7 Å². The van der Waals surface area contributed by atoms with E-state index in [4.69, 9.17) is 5.73 Å². The molecular formula is C22H28N4O. The number of piperidine rings is 1. The van der Waals surface area contributed by atoms with E-state index < -0.39 is 0 Å². The second kappa shape index (κ2) is 8.19. The highest BCUT2D eigenvalue weighted by atomic mass is 16.2. The predicted octanol–water partition coefficient (Wildman–Crippen LogP) is 2.32. The normalized spacial score (nSPS) is 22.6. The minimum atomic E-state index is 0.0688. The summed E-state index contributed by atoms with van der Waals surface area (Å²) < 4.78 is 0. The summed E-state index contributed by atoms with van der Waals surface area (Å²) in [6.45, 7) is 4.34. The van der Waals surface area contributed by atoms with Crippen LogP contribution >= 0.6 is 0 Å². The number of nitrogens with zero attached hydrogens (tertiary/aromatic N) is 3. The molecule has 5 nitrogen and oxygen atoms in total. The summed E-state index contributed by atoms with van der Waals surface area (Å²) in [6.07, 6.45) is 4.99. The van der Waals surface area contributed by atoms with E-state index in [2.05, 4.69) is 34.1 Å². The van der Waals surface area contributed by atoms with Crippen molar-refractivity contribution in [1.82, 2.24) is 14.8 Å². The van der Waals surface area contributed by atoms with Crippen LogP contribution in [0.1, 0.15) is 34.5 Å². The summed E-state index contributed by atoms with van der Waals surface area (Å²) >= 11 is 0. The van der Waals surface area contributed by atoms with Gasteiger partial charge in [-0.2, -0.15) is 0 Å². The van der Waals surface area contributed by atoms with E-state index in [0.717, 1.165) is 32.6 Å². The van der Waals surface area contributed by atoms with Crippen molar-refractivity contribution in [2.75, 3.05) is 26.2 Å². The topological polar surface area (TPSA) is 62.5 Å². The second-order valence-corrected chi connectivity index (χ2v) is 7.81. The zero-order valence-electron chi connectivity index (χ0n) is 15.8. The maximum Gasteiger partial charge on any atom is 0.272 e. The third-order valence-corrected chi connectivity index (χ3v) is 5.81. The largest absolute Gasteiger partial charge is 0.335 e. The van der Waals surface area contributed by atoms with Gasteiger partial charge in [0.15, 0.2) is 0 Å². The van der Waals surface area contributed by atoms with E-state index in [0.29, 0.717) is 24.2 Å². The second-order valence-electron chi connectivity index (χ2n) is 7.81. The average Bonchev–Trinajstić information content (AvgIpc) is 3.01. The molecule has 3 saturated heterocycles. The van der Waals surface area contributed by atoms with Crippen LogP contribution in [0.3, 0.4) is 0 Å². The third kappa shape index (κ3) is 4.20. The van der Waals surface area contributed by atoms with Crippen LogP contribution in [-0.2, 0) is 13.0 Å². The van der Waals surface area contributed by atoms with Gasteiger partial charge in [0.25, 0.3) is 5.91 Å². The fourth-order valence-electron chi connectivity index (χ4n) is 4.47. The van der Waals surface area contributed by atoms with Gasteiger partial charge in [0, 0.05) is 38.4 Å². The Morgan fingerprint density at radius 2 is 1.96 bits per heavy atom. The molecule has 27 heavy (non-hydrogen) atoms. The lowest BCUT2D eigenvalue weighted by atomic mass is 9.94. The molecule has 0 aliphatic carbocycles. The number of benzene rings is 1. The number of carbonyl (C=O) groups is 1. The molecule has 2 aromatic rings. The van der Waals surface area contributed by atoms with Gasteiger partial charge in [0.05, 0.1) is 0 Å². The van der Waals surface area contributed by atoms with Crippen molar-refractivity contribution in [2.24, 2.45) is 11.7 Å². The molecule has 5 rings (SSSR count). The summed E-state index contributed by atoms with van der Waals surface area (Å²) in [5.41, 5.74) is 8.91. The van der Waals surface area contributed by atoms with E-state index >= 15 is 0 Å². The summed E-state index contributed by atoms with van der Waals surface area (Å²) in [4.78, 5) is 21.7. The van der Waals surface area contributed by atoms with Crippen LogP contribution in [-0.4, -0.2) is 52.9 Å². The molecule has 3 fully saturated rings. The molecule has 1 aromatic carbocycles. The Bertz CT molecular complexity index is 779. The number of aromatic nitrogens is 1. The fraction of sp³-hybridized carbons (Fsp3) is 0.455. The van der Waals surface area contributed by atoms with Crippen LogP contribution in [0.15, 0.2) is 48.7 Å². The molecule has 0 radical (unpaired) electrons. The number of pyridine rings is 1. The number of rotatable bonds is 5. The molecule has 2 bridgehead atoms. The SMILES string of the molecule is NCCc1cccc(CN2CC3CCC2CN(C(=O)c2ccccn2)C3)c1. The van der Waals surface area contributed by atoms with Crippen LogP contribution < -0.4 is 5.73 Å². The molecule has 2 N–H and O–H groups in total. The first-order valence-electron chi connectivity index (χ1n) is 9.95. The van der Waals surface area contributed by atoms with Crippen molar-refractivity contribution in [2.45, 2.75) is 31.8 Å². The number of amides is 1. The van der Waals surface area contributed by atoms with Crippen molar-refractivity contribution in [3.05, 3.63) is 65.5 Å². The standard InChI is InChI=1S/C22H28N4O/c23-10-9-17-4-3-5-18(12-17)13-25-14-19-7-8-20(25)16-26(15-19)22(27)21-6-1-2-11-24-21/h1-6,11-12,19-20H,7-10,13-16,23H2. The van der Waals surface area contributed by atoms with Crippen molar-refractivity contribution in [3.8, 4) is 0 Å². The van der Waals surface area contributed by atoms with E-state index in [1.165, 1.54) is 24.0 Å². The minimum Gasteiger partial charge on any atom is -0.335 e. The molecule has 2 unspecified atom stereocenters. The molecule has 3 aliphatic rings. The molecule has 2 atom stereocenters. The van der Waals surface area contributed by atoms with Crippen LogP contribution in [0.5, 0.6) is 0 Å². The Balaban J connectivity index is 1.47. The van der Waals surface area contributed by atoms with E-state index in [1.54, 1.807) is 6.20 Å². The lowest BCUT2D eigenvalue weighted by molar-refractivity contribution is 0.0730. The zero-order valence-corrected chi connectivity index (χ0v) is 15.8. The Labute approximate surface area is 161 Å². The Kier molecular flexibility index (Phi) is 5.50. The summed E-state index contributed by atoms with van der Waals surface area (Å²) in [6, 6.07) is 14.7. The highest BCUT2D eigenvalue weighted by molar-refractivity contribution is 5.92. The number of hydrogen-bond acceptors (Lipinski definition) is 4. The Morgan fingerprint density at radius 3 is 2.78 bits per heavy atom. The van der Waals surface area contributed by atoms with E-state index in [1.807, 2.05) is 23.1 Å². The molecular weight excluding hydrogens is 336 g/mol. The predicted molar refractivity (Wildman–Crippen MR) is 106 cm³/mol. The monoisotopic (exact) mass is 364 g/mol. The van der Waals surface area contributed by atoms with Gasteiger partial charge >= 0.3 is 0 Å². The van der Waals surface area contributed by atoms with Crippen molar-refractivity contribution >= 4 is 5.91 Å². The quantitative estimate of drug-likeness (QED) is 0.884. The molecule has 3 aliphatic heterocycles. The van der Waals surface area contributed by atoms with Gasteiger partial charge in [-0.05, 0) is 55.0 Å². The van der Waals surface area contributed by atoms with Gasteiger partial charge in [-0.15, -0.1) is 0 Å². The molecule has 142 valence electrons. The molecule has 0 spiro atoms. The molecule has 4 heterocycles. The molecule has 1 aromatic heterocycles. The molecule has 5 heteroatoms. The average molecular weight is 364 g/mol. The van der Waals surface area contributed by atoms with Crippen LogP contribution in [0, 0.1) is 5.92 Å². The third-order valence-electron chi connectivity index (χ3n) is 5.81. The van der Waals surface area contributed by atoms with Crippen LogP contribution in [0.2, 0.25) is 0 Å². The number of fused-ring (bicyclic) bond motifs is 4. The first kappa shape index (κ1) is 18.1. The Morgan fingerprint density at radius 1 is 1.07 bits per heavy atom. The first-order chi connectivity index (χ1) is 13.2. The summed E-state index contributed by atoms with van der Waals surface area (Å²) in [7, 11) is 0. The number of hydrogen-bond donors (Lipinski definition) is 1. The first-order valence-corrected chi connectivity index (χ1v) is 9.95. The highest BCUT2D eigenvalue weighted by Crippen LogP contribution is 2.30. The zero-order chi connectivity index (χ0) is 18.6. The maximum atomic E-state index is 12.9. The van der Waals surface area contributed by atoms with Crippen LogP contribution in [0.25, 0.3) is 0 Å². The van der Waals surface area contributed by atoms with Gasteiger partial charge in [-0.1, -0.05) is 30.3 Å². The number of carbonyl (C=O) groups excluding carboxylic acids is 1. The van der Waals surface area contributed by atoms with Crippen molar-refractivity contribution in [1.29, 1.82) is 0 Å². The number of nitrogens with two attached hydrogens (primary N) is 1. The summed E-state index contributed by atoms with van der Waals surface area (Å²) in [5, 5.41) is 0. The fourth-order valence-corrected chi connectivity index (χ4v) is 4.47. The van der Waals surface area contributed by atoms with Gasteiger partial charge in [-0.25, -0.2) is 0 Å². The van der Waals surface area contributed by atoms with E-state index in [-0.39, 0.29) is 5.91 Å². The minimum absolute atomic E-state index is 0.0688. The van der Waals surface area contributed by atoms with Crippen molar-refractivity contribution in [3.63, 3.8) is 0 Å². The van der Waals surface area contributed by atoms with Gasteiger partial charge < -0.3 is 10.6 Å². The van der Waals surface area contributed by atoms with Gasteiger partial charge in [0.1, 0.15) is 5.69 Å². The summed E-state index contributed by atoms with van der Waals surface area (Å²) in [5.74, 6) is 0.614. The molecule has 1 amide bonds. The Hall–Kier alpha value is -2.24. The maximum absolute atomic E-state index is 12.9. The van der Waals surface area contributed by atoms with Crippen molar-refractivity contribution < 1.29 is 4.79 Å². The lowest BCUT2D eigenvalue weighted by Crippen LogP contribution is -2.44.